The Morgan fingerprint density at radius 3 is 2.46 bits per heavy atom. The number of fused-ring (bicyclic) bond motifs is 1. The van der Waals surface area contributed by atoms with Crippen molar-refractivity contribution < 1.29 is 37.0 Å². The topological polar surface area (TPSA) is 96.7 Å². The van der Waals surface area contributed by atoms with Crippen LogP contribution in [0, 0.1) is 0 Å². The Kier molecular flexibility index (Phi) is 8.78. The molecule has 0 spiro atoms. The van der Waals surface area contributed by atoms with E-state index in [1.807, 2.05) is 0 Å². The molecule has 0 saturated heterocycles. The van der Waals surface area contributed by atoms with E-state index >= 15 is 0 Å². The highest BCUT2D eigenvalue weighted by atomic mass is 79.9. The van der Waals surface area contributed by atoms with Crippen molar-refractivity contribution in [1.82, 2.24) is 14.9 Å². The number of carbonyl (C=O) groups is 2. The van der Waals surface area contributed by atoms with Crippen LogP contribution < -0.4 is 15.0 Å². The molecule has 4 rings (SSSR count). The van der Waals surface area contributed by atoms with Gasteiger partial charge in [-0.2, -0.15) is 8.78 Å². The number of rotatable bonds is 10. The van der Waals surface area contributed by atoms with E-state index in [4.69, 9.17) is 16.3 Å². The largest absolute Gasteiger partial charge is 0.487 e. The van der Waals surface area contributed by atoms with Crippen molar-refractivity contribution in [2.75, 3.05) is 11.5 Å². The van der Waals surface area contributed by atoms with E-state index in [0.29, 0.717) is 29.4 Å². The van der Waals surface area contributed by atoms with Gasteiger partial charge >= 0.3 is 11.9 Å². The van der Waals surface area contributed by atoms with Crippen LogP contribution in [-0.2, 0) is 18.4 Å². The second-order valence-electron chi connectivity index (χ2n) is 8.98. The third-order valence-corrected chi connectivity index (χ3v) is 6.79. The molecule has 1 heterocycles. The van der Waals surface area contributed by atoms with Crippen LogP contribution in [-0.4, -0.2) is 45.5 Å². The minimum atomic E-state index is -3.56. The highest BCUT2D eigenvalue weighted by Gasteiger charge is 2.32. The van der Waals surface area contributed by atoms with Gasteiger partial charge in [-0.25, -0.2) is 18.6 Å². The molecule has 8 nitrogen and oxygen atoms in total. The maximum atomic E-state index is 13.4. The van der Waals surface area contributed by atoms with Crippen molar-refractivity contribution in [2.24, 2.45) is 7.05 Å². The first kappa shape index (κ1) is 30.1. The summed E-state index contributed by atoms with van der Waals surface area (Å²) in [6.45, 7) is -0.712. The van der Waals surface area contributed by atoms with E-state index < -0.39 is 30.8 Å². The second kappa shape index (κ2) is 12.0. The number of nitrogens with zero attached hydrogens (tertiary/aromatic N) is 3. The molecule has 0 atom stereocenters. The Balaban J connectivity index is 1.86. The van der Waals surface area contributed by atoms with E-state index in [0.717, 1.165) is 4.47 Å². The first-order valence-electron chi connectivity index (χ1n) is 11.9. The molecule has 0 fully saturated rings. The molecule has 3 aromatic carbocycles. The van der Waals surface area contributed by atoms with Crippen LogP contribution in [0.25, 0.3) is 11.0 Å². The van der Waals surface area contributed by atoms with E-state index in [9.17, 15) is 32.3 Å². The summed E-state index contributed by atoms with van der Waals surface area (Å²) in [6.07, 6.45) is -2.81. The molecule has 0 radical (unpaired) electrons. The number of imidazole rings is 1. The lowest BCUT2D eigenvalue weighted by molar-refractivity contribution is -0.143. The molecule has 0 aliphatic rings. The lowest BCUT2D eigenvalue weighted by Crippen LogP contribution is -2.37. The van der Waals surface area contributed by atoms with Crippen molar-refractivity contribution in [3.8, 4) is 5.75 Å². The van der Waals surface area contributed by atoms with Gasteiger partial charge in [0.2, 0.25) is 5.95 Å². The van der Waals surface area contributed by atoms with Crippen LogP contribution in [0.5, 0.6) is 5.75 Å². The van der Waals surface area contributed by atoms with Gasteiger partial charge in [-0.15, -0.1) is 0 Å². The number of carboxylic acids is 1. The number of ether oxygens (including phenoxy) is 1. The van der Waals surface area contributed by atoms with Crippen molar-refractivity contribution in [3.63, 3.8) is 0 Å². The number of hydrogen-bond donors (Lipinski definition) is 2. The molecule has 0 bridgehead atoms. The zero-order valence-corrected chi connectivity index (χ0v) is 23.8. The molecule has 0 saturated carbocycles. The molecule has 41 heavy (non-hydrogen) atoms. The SMILES string of the molecule is Cn1c(N(c2ccc(Br)cc2)c2cc(CNC(=O)C(C)(F)F)ccc2Cl)nc2cc(C(=O)O)c(OCC(F)F)cc21. The van der Waals surface area contributed by atoms with Crippen LogP contribution in [0.15, 0.2) is 59.1 Å². The number of nitrogens with one attached hydrogen (secondary N) is 1. The lowest BCUT2D eigenvalue weighted by atomic mass is 10.1. The summed E-state index contributed by atoms with van der Waals surface area (Å²) in [6, 6.07) is 14.3. The van der Waals surface area contributed by atoms with Gasteiger partial charge in [-0.3, -0.25) is 9.69 Å². The number of carboxylic acid groups (broad SMARTS) is 1. The van der Waals surface area contributed by atoms with Gasteiger partial charge in [0.25, 0.3) is 12.3 Å². The number of aromatic carboxylic acids is 1. The summed E-state index contributed by atoms with van der Waals surface area (Å²) in [5.74, 6) is -6.37. The van der Waals surface area contributed by atoms with Crippen molar-refractivity contribution in [3.05, 3.63) is 75.2 Å². The maximum absolute atomic E-state index is 13.4. The molecule has 0 unspecified atom stereocenters. The zero-order chi connectivity index (χ0) is 30.1. The van der Waals surface area contributed by atoms with Gasteiger partial charge in [0, 0.05) is 36.7 Å². The molecule has 1 aromatic heterocycles. The van der Waals surface area contributed by atoms with Gasteiger partial charge in [-0.1, -0.05) is 33.6 Å². The predicted octanol–water partition coefficient (Wildman–Crippen LogP) is 7.07. The van der Waals surface area contributed by atoms with Crippen LogP contribution in [0.1, 0.15) is 22.8 Å². The summed E-state index contributed by atoms with van der Waals surface area (Å²) in [7, 11) is 1.63. The highest BCUT2D eigenvalue weighted by Crippen LogP contribution is 2.41. The van der Waals surface area contributed by atoms with Gasteiger partial charge in [-0.05, 0) is 48.0 Å². The smallest absolute Gasteiger partial charge is 0.339 e. The maximum Gasteiger partial charge on any atom is 0.339 e. The average molecular weight is 658 g/mol. The third-order valence-electron chi connectivity index (χ3n) is 5.94. The molecule has 2 N–H and O–H groups in total. The van der Waals surface area contributed by atoms with Crippen molar-refractivity contribution in [2.45, 2.75) is 25.8 Å². The molecule has 216 valence electrons. The first-order valence-corrected chi connectivity index (χ1v) is 13.1. The van der Waals surface area contributed by atoms with Crippen molar-refractivity contribution >= 4 is 67.8 Å². The molecule has 14 heteroatoms. The molecule has 4 aromatic rings. The number of aromatic nitrogens is 2. The Morgan fingerprint density at radius 1 is 1.17 bits per heavy atom. The predicted molar refractivity (Wildman–Crippen MR) is 149 cm³/mol. The van der Waals surface area contributed by atoms with Gasteiger partial charge in [0.1, 0.15) is 17.9 Å². The summed E-state index contributed by atoms with van der Waals surface area (Å²) < 4.78 is 59.8. The Labute approximate surface area is 244 Å². The summed E-state index contributed by atoms with van der Waals surface area (Å²) in [5.41, 5.74) is 1.66. The number of aryl methyl sites for hydroxylation is 1. The summed E-state index contributed by atoms with van der Waals surface area (Å²) in [5, 5.41) is 12.1. The fourth-order valence-electron chi connectivity index (χ4n) is 3.98. The Bertz CT molecular complexity index is 1610. The van der Waals surface area contributed by atoms with Crippen LogP contribution in [0.3, 0.4) is 0 Å². The molecular weight excluding hydrogens is 636 g/mol. The normalized spacial score (nSPS) is 11.6. The number of halogens is 6. The van der Waals surface area contributed by atoms with Crippen molar-refractivity contribution in [1.29, 1.82) is 0 Å². The number of anilines is 3. The highest BCUT2D eigenvalue weighted by molar-refractivity contribution is 9.10. The number of hydrogen-bond acceptors (Lipinski definition) is 5. The van der Waals surface area contributed by atoms with E-state index in [1.165, 1.54) is 18.2 Å². The first-order chi connectivity index (χ1) is 19.3. The fourth-order valence-corrected chi connectivity index (χ4v) is 4.44. The van der Waals surface area contributed by atoms with Gasteiger partial charge in [0.05, 0.1) is 21.7 Å². The minimum Gasteiger partial charge on any atom is -0.487 e. The van der Waals surface area contributed by atoms with Gasteiger partial charge in [0.15, 0.2) is 0 Å². The standard InChI is InChI=1S/C27H22BrClF4N4O4/c1-27(32,33)25(40)34-12-14-3-8-18(29)20(9-14)37(16-6-4-15(28)5-7-16)26-35-19-10-17(24(38)39)22(41-13-23(30)31)11-21(19)36(26)2/h3-11,23H,12-13H2,1-2H3,(H,34,40)(H,38,39). The summed E-state index contributed by atoms with van der Waals surface area (Å²) >= 11 is 10.00. The molecule has 0 aliphatic carbocycles. The second-order valence-corrected chi connectivity index (χ2v) is 10.3. The van der Waals surface area contributed by atoms with E-state index in [-0.39, 0.29) is 34.3 Å². The Hall–Kier alpha value is -3.84. The number of alkyl halides is 4. The zero-order valence-electron chi connectivity index (χ0n) is 21.5. The van der Waals surface area contributed by atoms with E-state index in [2.05, 4.69) is 26.2 Å². The quantitative estimate of drug-likeness (QED) is 0.177. The van der Waals surface area contributed by atoms with Gasteiger partial charge < -0.3 is 19.7 Å². The Morgan fingerprint density at radius 2 is 1.85 bits per heavy atom. The van der Waals surface area contributed by atoms with Crippen LogP contribution >= 0.6 is 27.5 Å². The van der Waals surface area contributed by atoms with Crippen LogP contribution in [0.4, 0.5) is 34.9 Å². The molecule has 0 aliphatic heterocycles. The minimum absolute atomic E-state index is 0.212. The number of amides is 1. The fraction of sp³-hybridized carbons (Fsp3) is 0.222. The molecule has 1 amide bonds. The number of benzene rings is 3. The third kappa shape index (κ3) is 6.73. The molecular formula is C27H22BrClF4N4O4. The number of carbonyl (C=O) groups excluding carboxylic acids is 1. The monoisotopic (exact) mass is 656 g/mol. The lowest BCUT2D eigenvalue weighted by Gasteiger charge is -2.26. The summed E-state index contributed by atoms with van der Waals surface area (Å²) in [4.78, 5) is 29.8. The average Bonchev–Trinajstić information content (AvgIpc) is 3.22. The van der Waals surface area contributed by atoms with E-state index in [1.54, 1.807) is 52.9 Å². The van der Waals surface area contributed by atoms with Crippen LogP contribution in [0.2, 0.25) is 5.02 Å².